The Morgan fingerprint density at radius 1 is 1.14 bits per heavy atom. The van der Waals surface area contributed by atoms with Gasteiger partial charge in [-0.15, -0.1) is 0 Å². The molecule has 0 spiro atoms. The maximum absolute atomic E-state index is 13.1. The van der Waals surface area contributed by atoms with Gasteiger partial charge >= 0.3 is 6.03 Å². The number of carbonyl (C=O) groups is 2. The summed E-state index contributed by atoms with van der Waals surface area (Å²) in [7, 11) is 3.98. The zero-order chi connectivity index (χ0) is 20.6. The average molecular weight is 403 g/mol. The van der Waals surface area contributed by atoms with Gasteiger partial charge in [0.25, 0.3) is 0 Å². The number of piperidine rings is 1. The lowest BCUT2D eigenvalue weighted by atomic mass is 9.96. The summed E-state index contributed by atoms with van der Waals surface area (Å²) in [5, 5.41) is 3.00. The summed E-state index contributed by atoms with van der Waals surface area (Å²) in [6.45, 7) is 5.58. The molecule has 160 valence electrons. The van der Waals surface area contributed by atoms with Gasteiger partial charge in [-0.2, -0.15) is 0 Å². The molecule has 3 rings (SSSR count). The molecule has 0 saturated carbocycles. The van der Waals surface area contributed by atoms with E-state index in [1.807, 2.05) is 42.3 Å². The number of carbonyl (C=O) groups excluding carboxylic acids is 2. The highest BCUT2D eigenvalue weighted by molar-refractivity contribution is 5.85. The van der Waals surface area contributed by atoms with E-state index in [4.69, 9.17) is 4.74 Å². The van der Waals surface area contributed by atoms with Crippen molar-refractivity contribution in [3.8, 4) is 0 Å². The number of nitrogens with zero attached hydrogens (tertiary/aromatic N) is 3. The summed E-state index contributed by atoms with van der Waals surface area (Å²) in [5.74, 6) is 0.217. The lowest BCUT2D eigenvalue weighted by molar-refractivity contribution is -0.136. The number of benzene rings is 1. The second-order valence-electron chi connectivity index (χ2n) is 8.21. The van der Waals surface area contributed by atoms with Crippen molar-refractivity contribution in [2.75, 3.05) is 66.6 Å². The van der Waals surface area contributed by atoms with Crippen LogP contribution in [0.5, 0.6) is 0 Å². The van der Waals surface area contributed by atoms with Gasteiger partial charge in [0.1, 0.15) is 0 Å². The van der Waals surface area contributed by atoms with Crippen LogP contribution in [0.15, 0.2) is 30.3 Å². The third-order valence-corrected chi connectivity index (χ3v) is 6.00. The summed E-state index contributed by atoms with van der Waals surface area (Å²) >= 11 is 0. The van der Waals surface area contributed by atoms with Crippen molar-refractivity contribution >= 4 is 11.9 Å². The lowest BCUT2D eigenvalue weighted by Crippen LogP contribution is -2.47. The SMILES string of the molecule is CN1CCC(CN(C)C(=O)NCC(C(=O)N2CCOCC2)c2ccccc2)CC1. The zero-order valence-electron chi connectivity index (χ0n) is 17.7. The summed E-state index contributed by atoms with van der Waals surface area (Å²) < 4.78 is 5.37. The lowest BCUT2D eigenvalue weighted by Gasteiger charge is -2.32. The van der Waals surface area contributed by atoms with E-state index in [1.54, 1.807) is 4.90 Å². The summed E-state index contributed by atoms with van der Waals surface area (Å²) in [6, 6.07) is 9.61. The van der Waals surface area contributed by atoms with Crippen molar-refractivity contribution in [1.29, 1.82) is 0 Å². The zero-order valence-corrected chi connectivity index (χ0v) is 17.7. The van der Waals surface area contributed by atoms with E-state index < -0.39 is 0 Å². The fraction of sp³-hybridized carbons (Fsp3) is 0.636. The molecule has 1 aromatic carbocycles. The van der Waals surface area contributed by atoms with Crippen LogP contribution in [0.1, 0.15) is 24.3 Å². The molecule has 7 nitrogen and oxygen atoms in total. The Hall–Kier alpha value is -2.12. The average Bonchev–Trinajstić information content (AvgIpc) is 2.76. The first kappa shape index (κ1) is 21.6. The Morgan fingerprint density at radius 2 is 1.79 bits per heavy atom. The number of likely N-dealkylation sites (tertiary alicyclic amines) is 1. The third-order valence-electron chi connectivity index (χ3n) is 6.00. The highest BCUT2D eigenvalue weighted by Gasteiger charge is 2.28. The van der Waals surface area contributed by atoms with Crippen LogP contribution < -0.4 is 5.32 Å². The molecule has 2 heterocycles. The van der Waals surface area contributed by atoms with Crippen LogP contribution in [-0.4, -0.2) is 93.2 Å². The first-order valence-electron chi connectivity index (χ1n) is 10.6. The van der Waals surface area contributed by atoms with Crippen molar-refractivity contribution in [3.63, 3.8) is 0 Å². The van der Waals surface area contributed by atoms with E-state index in [0.717, 1.165) is 38.0 Å². The second kappa shape index (κ2) is 10.6. The standard InChI is InChI=1S/C22H34N4O3/c1-24-10-8-18(9-11-24)17-25(2)22(28)23-16-20(19-6-4-3-5-7-19)21(27)26-12-14-29-15-13-26/h3-7,18,20H,8-17H2,1-2H3,(H,23,28). The normalized spacial score (nSPS) is 19.6. The number of urea groups is 1. The maximum Gasteiger partial charge on any atom is 0.317 e. The van der Waals surface area contributed by atoms with Gasteiger partial charge in [0, 0.05) is 33.2 Å². The quantitative estimate of drug-likeness (QED) is 0.785. The Bertz CT molecular complexity index is 655. The summed E-state index contributed by atoms with van der Waals surface area (Å²) in [4.78, 5) is 31.7. The Kier molecular flexibility index (Phi) is 7.89. The van der Waals surface area contributed by atoms with Gasteiger partial charge in [-0.05, 0) is 44.5 Å². The fourth-order valence-corrected chi connectivity index (χ4v) is 4.08. The minimum atomic E-state index is -0.380. The van der Waals surface area contributed by atoms with E-state index >= 15 is 0 Å². The van der Waals surface area contributed by atoms with E-state index in [0.29, 0.717) is 38.8 Å². The molecule has 2 fully saturated rings. The number of nitrogens with one attached hydrogen (secondary N) is 1. The first-order chi connectivity index (χ1) is 14.0. The van der Waals surface area contributed by atoms with Gasteiger partial charge in [0.15, 0.2) is 0 Å². The van der Waals surface area contributed by atoms with Crippen LogP contribution in [0.4, 0.5) is 4.79 Å². The number of ether oxygens (including phenoxy) is 1. The van der Waals surface area contributed by atoms with Crippen molar-refractivity contribution in [2.24, 2.45) is 5.92 Å². The number of hydrogen-bond acceptors (Lipinski definition) is 4. The van der Waals surface area contributed by atoms with Crippen molar-refractivity contribution in [1.82, 2.24) is 20.0 Å². The van der Waals surface area contributed by atoms with Gasteiger partial charge in [-0.3, -0.25) is 4.79 Å². The van der Waals surface area contributed by atoms with E-state index in [2.05, 4.69) is 17.3 Å². The van der Waals surface area contributed by atoms with Gasteiger partial charge < -0.3 is 24.8 Å². The first-order valence-corrected chi connectivity index (χ1v) is 10.6. The van der Waals surface area contributed by atoms with Gasteiger partial charge in [0.2, 0.25) is 5.91 Å². The van der Waals surface area contributed by atoms with Crippen LogP contribution in [0.25, 0.3) is 0 Å². The molecule has 0 aliphatic carbocycles. The largest absolute Gasteiger partial charge is 0.378 e. The molecule has 1 unspecified atom stereocenters. The summed E-state index contributed by atoms with van der Waals surface area (Å²) in [6.07, 6.45) is 2.24. The molecule has 0 radical (unpaired) electrons. The topological polar surface area (TPSA) is 65.1 Å². The molecular formula is C22H34N4O3. The van der Waals surface area contributed by atoms with Crippen LogP contribution in [-0.2, 0) is 9.53 Å². The molecule has 29 heavy (non-hydrogen) atoms. The molecule has 0 aromatic heterocycles. The van der Waals surface area contributed by atoms with Gasteiger partial charge in [-0.25, -0.2) is 4.79 Å². The molecule has 3 amide bonds. The predicted octanol–water partition coefficient (Wildman–Crippen LogP) is 1.61. The third kappa shape index (κ3) is 6.18. The molecule has 2 saturated heterocycles. The smallest absolute Gasteiger partial charge is 0.317 e. The van der Waals surface area contributed by atoms with Crippen LogP contribution in [0.3, 0.4) is 0 Å². The van der Waals surface area contributed by atoms with E-state index in [9.17, 15) is 9.59 Å². The minimum absolute atomic E-state index is 0.0535. The van der Waals surface area contributed by atoms with Gasteiger partial charge in [-0.1, -0.05) is 30.3 Å². The van der Waals surface area contributed by atoms with E-state index in [1.165, 1.54) is 0 Å². The van der Waals surface area contributed by atoms with E-state index in [-0.39, 0.29) is 17.9 Å². The van der Waals surface area contributed by atoms with Crippen molar-refractivity contribution in [3.05, 3.63) is 35.9 Å². The number of morpholine rings is 1. The Balaban J connectivity index is 1.57. The molecule has 2 aliphatic rings. The predicted molar refractivity (Wildman–Crippen MR) is 113 cm³/mol. The van der Waals surface area contributed by atoms with Gasteiger partial charge in [0.05, 0.1) is 19.1 Å². The monoisotopic (exact) mass is 402 g/mol. The number of rotatable bonds is 6. The molecular weight excluding hydrogens is 368 g/mol. The summed E-state index contributed by atoms with van der Waals surface area (Å²) in [5.41, 5.74) is 0.933. The molecule has 0 bridgehead atoms. The Morgan fingerprint density at radius 3 is 2.45 bits per heavy atom. The maximum atomic E-state index is 13.1. The second-order valence-corrected chi connectivity index (χ2v) is 8.21. The molecule has 1 atom stereocenters. The molecule has 1 aromatic rings. The number of amides is 3. The van der Waals surface area contributed by atoms with Crippen molar-refractivity contribution < 1.29 is 14.3 Å². The highest BCUT2D eigenvalue weighted by Crippen LogP contribution is 2.20. The molecule has 1 N–H and O–H groups in total. The number of hydrogen-bond donors (Lipinski definition) is 1. The van der Waals surface area contributed by atoms with Crippen molar-refractivity contribution in [2.45, 2.75) is 18.8 Å². The van der Waals surface area contributed by atoms with Crippen LogP contribution in [0.2, 0.25) is 0 Å². The minimum Gasteiger partial charge on any atom is -0.378 e. The van der Waals surface area contributed by atoms with Crippen LogP contribution in [0, 0.1) is 5.92 Å². The molecule has 2 aliphatic heterocycles. The highest BCUT2D eigenvalue weighted by atomic mass is 16.5. The fourth-order valence-electron chi connectivity index (χ4n) is 4.08. The Labute approximate surface area is 174 Å². The van der Waals surface area contributed by atoms with Crippen LogP contribution >= 0.6 is 0 Å². The molecule has 7 heteroatoms.